The van der Waals surface area contributed by atoms with E-state index in [1.54, 1.807) is 12.0 Å². The van der Waals surface area contributed by atoms with Crippen molar-refractivity contribution in [3.05, 3.63) is 76.5 Å². The summed E-state index contributed by atoms with van der Waals surface area (Å²) in [6, 6.07) is 17.9. The Labute approximate surface area is 210 Å². The largest absolute Gasteiger partial charge is 0.497 e. The summed E-state index contributed by atoms with van der Waals surface area (Å²) in [5, 5.41) is 5.17. The minimum Gasteiger partial charge on any atom is -0.497 e. The van der Waals surface area contributed by atoms with Gasteiger partial charge in [0.1, 0.15) is 17.5 Å². The summed E-state index contributed by atoms with van der Waals surface area (Å²) in [7, 11) is 1.61. The first-order valence-electron chi connectivity index (χ1n) is 12.1. The minimum absolute atomic E-state index is 0.132. The Bertz CT molecular complexity index is 1110. The van der Waals surface area contributed by atoms with Gasteiger partial charge in [-0.25, -0.2) is 0 Å². The van der Waals surface area contributed by atoms with Crippen LogP contribution in [0.2, 0.25) is 0 Å². The number of methoxy groups -OCH3 is 1. The molecule has 7 heteroatoms. The van der Waals surface area contributed by atoms with Crippen LogP contribution in [0.1, 0.15) is 49.1 Å². The van der Waals surface area contributed by atoms with Gasteiger partial charge in [-0.05, 0) is 61.0 Å². The van der Waals surface area contributed by atoms with Gasteiger partial charge in [0.05, 0.1) is 20.1 Å². The topological polar surface area (TPSA) is 67.9 Å². The number of amides is 2. The number of nitrogens with zero attached hydrogens (tertiary/aromatic N) is 1. The van der Waals surface area contributed by atoms with Crippen LogP contribution < -0.4 is 19.7 Å². The number of benzene rings is 2. The van der Waals surface area contributed by atoms with E-state index in [2.05, 4.69) is 5.32 Å². The van der Waals surface area contributed by atoms with Gasteiger partial charge in [-0.2, -0.15) is 0 Å². The molecule has 1 fully saturated rings. The number of ether oxygens (including phenoxy) is 2. The van der Waals surface area contributed by atoms with E-state index in [0.717, 1.165) is 36.1 Å². The fraction of sp³-hybridized carbons (Fsp3) is 0.357. The predicted octanol–water partition coefficient (Wildman–Crippen LogP) is 5.53. The van der Waals surface area contributed by atoms with Crippen LogP contribution in [0.15, 0.2) is 66.0 Å². The number of rotatable bonds is 10. The van der Waals surface area contributed by atoms with Gasteiger partial charge in [-0.15, -0.1) is 11.3 Å². The molecule has 0 bridgehead atoms. The number of carbonyl (C=O) groups is 2. The molecule has 0 saturated heterocycles. The number of anilines is 1. The van der Waals surface area contributed by atoms with Crippen molar-refractivity contribution in [3.63, 3.8) is 0 Å². The fourth-order valence-electron chi connectivity index (χ4n) is 4.53. The van der Waals surface area contributed by atoms with Crippen molar-refractivity contribution < 1.29 is 19.1 Å². The van der Waals surface area contributed by atoms with Gasteiger partial charge in [0, 0.05) is 22.7 Å². The highest BCUT2D eigenvalue weighted by Crippen LogP contribution is 2.33. The normalized spacial score (nSPS) is 14.3. The van der Waals surface area contributed by atoms with Gasteiger partial charge >= 0.3 is 0 Å². The number of thiophene rings is 1. The molecule has 2 aromatic carbocycles. The molecule has 1 aromatic heterocycles. The lowest BCUT2D eigenvalue weighted by Crippen LogP contribution is -2.46. The Balaban J connectivity index is 1.77. The molecule has 0 aliphatic heterocycles. The van der Waals surface area contributed by atoms with E-state index >= 15 is 0 Å². The second-order valence-corrected chi connectivity index (χ2v) is 9.65. The molecule has 1 aliphatic rings. The molecule has 0 radical (unpaired) electrons. The minimum atomic E-state index is -0.828. The van der Waals surface area contributed by atoms with Gasteiger partial charge in [0.2, 0.25) is 11.8 Å². The van der Waals surface area contributed by atoms with Crippen LogP contribution >= 0.6 is 11.3 Å². The standard InChI is InChI=1S/C28H32N2O4S/c1-3-34-24-11-6-10-22(18-24)30(26(31)19-25-12-7-17-35-25)27(20-13-15-23(33-2)16-14-20)28(32)29-21-8-4-5-9-21/h6-7,10-18,21,27H,3-5,8-9,19H2,1-2H3,(H,29,32). The molecule has 1 unspecified atom stereocenters. The van der Waals surface area contributed by atoms with E-state index in [4.69, 9.17) is 9.47 Å². The fourth-order valence-corrected chi connectivity index (χ4v) is 5.22. The van der Waals surface area contributed by atoms with Crippen LogP contribution in [0.4, 0.5) is 5.69 Å². The van der Waals surface area contributed by atoms with Crippen LogP contribution in [0.3, 0.4) is 0 Å². The molecule has 35 heavy (non-hydrogen) atoms. The first-order chi connectivity index (χ1) is 17.1. The third-order valence-electron chi connectivity index (χ3n) is 6.22. The van der Waals surface area contributed by atoms with Crippen LogP contribution in [-0.4, -0.2) is 31.6 Å². The molecular formula is C28H32N2O4S. The smallest absolute Gasteiger partial charge is 0.248 e. The van der Waals surface area contributed by atoms with E-state index in [0.29, 0.717) is 23.8 Å². The van der Waals surface area contributed by atoms with Gasteiger partial charge in [-0.1, -0.05) is 37.1 Å². The number of hydrogen-bond acceptors (Lipinski definition) is 5. The molecule has 1 saturated carbocycles. The van der Waals surface area contributed by atoms with Crippen molar-refractivity contribution >= 4 is 28.8 Å². The molecule has 1 heterocycles. The maximum atomic E-state index is 13.8. The predicted molar refractivity (Wildman–Crippen MR) is 139 cm³/mol. The summed E-state index contributed by atoms with van der Waals surface area (Å²) in [4.78, 5) is 30.2. The quantitative estimate of drug-likeness (QED) is 0.404. The van der Waals surface area contributed by atoms with Crippen molar-refractivity contribution in [2.45, 2.75) is 51.1 Å². The Kier molecular flexibility index (Phi) is 8.42. The Morgan fingerprint density at radius 3 is 2.49 bits per heavy atom. The maximum Gasteiger partial charge on any atom is 0.248 e. The van der Waals surface area contributed by atoms with Crippen molar-refractivity contribution in [2.75, 3.05) is 18.6 Å². The second kappa shape index (κ2) is 11.9. The zero-order valence-corrected chi connectivity index (χ0v) is 21.1. The summed E-state index contributed by atoms with van der Waals surface area (Å²) in [5.41, 5.74) is 1.35. The molecule has 2 amide bonds. The van der Waals surface area contributed by atoms with Gasteiger partial charge in [-0.3, -0.25) is 14.5 Å². The zero-order chi connectivity index (χ0) is 24.6. The first-order valence-corrected chi connectivity index (χ1v) is 13.0. The molecule has 1 atom stereocenters. The Morgan fingerprint density at radius 1 is 1.06 bits per heavy atom. The van der Waals surface area contributed by atoms with Crippen molar-refractivity contribution in [2.24, 2.45) is 0 Å². The van der Waals surface area contributed by atoms with E-state index < -0.39 is 6.04 Å². The first kappa shape index (κ1) is 24.8. The Morgan fingerprint density at radius 2 is 1.83 bits per heavy atom. The highest BCUT2D eigenvalue weighted by molar-refractivity contribution is 7.10. The van der Waals surface area contributed by atoms with Crippen molar-refractivity contribution in [3.8, 4) is 11.5 Å². The van der Waals surface area contributed by atoms with Gasteiger partial charge in [0.15, 0.2) is 0 Å². The summed E-state index contributed by atoms with van der Waals surface area (Å²) >= 11 is 1.53. The second-order valence-electron chi connectivity index (χ2n) is 8.62. The third-order valence-corrected chi connectivity index (χ3v) is 7.10. The summed E-state index contributed by atoms with van der Waals surface area (Å²) < 4.78 is 11.0. The van der Waals surface area contributed by atoms with Crippen molar-refractivity contribution in [1.82, 2.24) is 5.32 Å². The number of carbonyl (C=O) groups excluding carboxylic acids is 2. The van der Waals surface area contributed by atoms with E-state index in [-0.39, 0.29) is 24.3 Å². The van der Waals surface area contributed by atoms with Crippen LogP contribution in [-0.2, 0) is 16.0 Å². The van der Waals surface area contributed by atoms with E-state index in [1.165, 1.54) is 11.3 Å². The monoisotopic (exact) mass is 492 g/mol. The number of nitrogens with one attached hydrogen (secondary N) is 1. The highest BCUT2D eigenvalue weighted by Gasteiger charge is 2.34. The van der Waals surface area contributed by atoms with Crippen LogP contribution in [0.5, 0.6) is 11.5 Å². The van der Waals surface area contributed by atoms with E-state index in [1.807, 2.05) is 73.0 Å². The maximum absolute atomic E-state index is 13.8. The lowest BCUT2D eigenvalue weighted by molar-refractivity contribution is -0.127. The molecule has 4 rings (SSSR count). The van der Waals surface area contributed by atoms with Crippen LogP contribution in [0.25, 0.3) is 0 Å². The average Bonchev–Trinajstić information content (AvgIpc) is 3.57. The molecule has 0 spiro atoms. The molecule has 3 aromatic rings. The third kappa shape index (κ3) is 6.22. The molecule has 1 aliphatic carbocycles. The molecule has 1 N–H and O–H groups in total. The molecule has 6 nitrogen and oxygen atoms in total. The lowest BCUT2D eigenvalue weighted by atomic mass is 10.0. The summed E-state index contributed by atoms with van der Waals surface area (Å²) in [6.07, 6.45) is 4.35. The zero-order valence-electron chi connectivity index (χ0n) is 20.2. The highest BCUT2D eigenvalue weighted by atomic mass is 32.1. The van der Waals surface area contributed by atoms with Crippen molar-refractivity contribution in [1.29, 1.82) is 0 Å². The van der Waals surface area contributed by atoms with Gasteiger partial charge < -0.3 is 14.8 Å². The lowest BCUT2D eigenvalue weighted by Gasteiger charge is -2.32. The Hall–Kier alpha value is -3.32. The summed E-state index contributed by atoms with van der Waals surface area (Å²) in [6.45, 7) is 2.43. The molecular weight excluding hydrogens is 460 g/mol. The average molecular weight is 493 g/mol. The van der Waals surface area contributed by atoms with Crippen LogP contribution in [0, 0.1) is 0 Å². The van der Waals surface area contributed by atoms with E-state index in [9.17, 15) is 9.59 Å². The SMILES string of the molecule is CCOc1cccc(N(C(=O)Cc2cccs2)C(C(=O)NC2CCCC2)c2ccc(OC)cc2)c1. The summed E-state index contributed by atoms with van der Waals surface area (Å²) in [5.74, 6) is 1.02. The van der Waals surface area contributed by atoms with Gasteiger partial charge in [0.25, 0.3) is 0 Å². The molecule has 184 valence electrons. The number of hydrogen-bond donors (Lipinski definition) is 1.